The van der Waals surface area contributed by atoms with E-state index in [-0.39, 0.29) is 17.7 Å². The van der Waals surface area contributed by atoms with Crippen LogP contribution < -0.4 is 5.73 Å². The number of ether oxygens (including phenoxy) is 1. The molecule has 2 atom stereocenters. The first-order valence-corrected chi connectivity index (χ1v) is 5.43. The maximum atomic E-state index is 12.4. The first-order chi connectivity index (χ1) is 7.68. The van der Waals surface area contributed by atoms with Crippen LogP contribution in [-0.2, 0) is 4.74 Å². The molecule has 0 radical (unpaired) electrons. The lowest BCUT2D eigenvalue weighted by Gasteiger charge is -2.29. The summed E-state index contributed by atoms with van der Waals surface area (Å²) in [5.41, 5.74) is 6.86. The Balaban J connectivity index is 2.14. The lowest BCUT2D eigenvalue weighted by atomic mass is 9.96. The van der Waals surface area contributed by atoms with Gasteiger partial charge < -0.3 is 10.5 Å². The summed E-state index contributed by atoms with van der Waals surface area (Å²) in [6.07, 6.45) is -0.691. The molecule has 1 saturated heterocycles. The van der Waals surface area contributed by atoms with Gasteiger partial charge in [-0.1, -0.05) is 24.3 Å². The molecule has 0 amide bonds. The number of benzene rings is 1. The van der Waals surface area contributed by atoms with Crippen molar-refractivity contribution in [3.8, 4) is 0 Å². The lowest BCUT2D eigenvalue weighted by Crippen LogP contribution is -2.34. The number of halogens is 2. The van der Waals surface area contributed by atoms with Gasteiger partial charge in [-0.25, -0.2) is 8.78 Å². The topological polar surface area (TPSA) is 35.2 Å². The highest BCUT2D eigenvalue weighted by atomic mass is 19.3. The summed E-state index contributed by atoms with van der Waals surface area (Å²) in [5.74, 6) is 0. The number of nitrogens with two attached hydrogens (primary N) is 1. The van der Waals surface area contributed by atoms with E-state index in [1.54, 1.807) is 12.1 Å². The van der Waals surface area contributed by atoms with Crippen molar-refractivity contribution in [1.29, 1.82) is 0 Å². The summed E-state index contributed by atoms with van der Waals surface area (Å²) < 4.78 is 30.3. The van der Waals surface area contributed by atoms with Crippen LogP contribution in [0, 0.1) is 0 Å². The second kappa shape index (κ2) is 4.89. The first kappa shape index (κ1) is 11.5. The molecule has 1 heterocycles. The summed E-state index contributed by atoms with van der Waals surface area (Å²) in [5, 5.41) is 0. The van der Waals surface area contributed by atoms with E-state index in [0.717, 1.165) is 18.4 Å². The fourth-order valence-electron chi connectivity index (χ4n) is 1.98. The lowest BCUT2D eigenvalue weighted by molar-refractivity contribution is 0.0000990. The van der Waals surface area contributed by atoms with E-state index in [1.165, 1.54) is 12.1 Å². The maximum absolute atomic E-state index is 12.4. The molecule has 0 bridgehead atoms. The Morgan fingerprint density at radius 1 is 1.25 bits per heavy atom. The van der Waals surface area contributed by atoms with Crippen molar-refractivity contribution in [2.24, 2.45) is 5.73 Å². The largest absolute Gasteiger partial charge is 0.372 e. The summed E-state index contributed by atoms with van der Waals surface area (Å²) in [7, 11) is 0. The Labute approximate surface area is 93.4 Å². The monoisotopic (exact) mass is 227 g/mol. The third-order valence-electron chi connectivity index (χ3n) is 2.89. The van der Waals surface area contributed by atoms with Crippen LogP contribution in [0.5, 0.6) is 0 Å². The molecule has 1 aliphatic heterocycles. The Morgan fingerprint density at radius 2 is 1.94 bits per heavy atom. The fraction of sp³-hybridized carbons (Fsp3) is 0.500. The smallest absolute Gasteiger partial charge is 0.263 e. The molecule has 2 rings (SSSR count). The summed E-state index contributed by atoms with van der Waals surface area (Å²) in [6, 6.07) is 6.19. The minimum absolute atomic E-state index is 0.0353. The van der Waals surface area contributed by atoms with Gasteiger partial charge in [0.25, 0.3) is 6.43 Å². The minimum Gasteiger partial charge on any atom is -0.372 e. The van der Waals surface area contributed by atoms with E-state index in [2.05, 4.69) is 0 Å². The van der Waals surface area contributed by atoms with E-state index >= 15 is 0 Å². The van der Waals surface area contributed by atoms with Crippen LogP contribution in [-0.4, -0.2) is 12.6 Å². The molecule has 0 saturated carbocycles. The molecule has 1 aliphatic rings. The number of rotatable bonds is 2. The van der Waals surface area contributed by atoms with E-state index in [9.17, 15) is 8.78 Å². The van der Waals surface area contributed by atoms with Gasteiger partial charge in [-0.3, -0.25) is 0 Å². The van der Waals surface area contributed by atoms with Crippen molar-refractivity contribution < 1.29 is 13.5 Å². The van der Waals surface area contributed by atoms with Crippen LogP contribution in [0.25, 0.3) is 0 Å². The molecule has 2 unspecified atom stereocenters. The summed E-state index contributed by atoms with van der Waals surface area (Å²) >= 11 is 0. The normalized spacial score (nSPS) is 26.0. The zero-order valence-corrected chi connectivity index (χ0v) is 8.90. The standard InChI is InChI=1S/C12H15F2NO/c13-12(14)9-5-3-8(4-6-9)11-10(15)2-1-7-16-11/h3-6,10-12H,1-2,7,15H2. The van der Waals surface area contributed by atoms with Gasteiger partial charge in [0.2, 0.25) is 0 Å². The molecule has 88 valence electrons. The minimum atomic E-state index is -2.42. The van der Waals surface area contributed by atoms with Crippen LogP contribution in [0.4, 0.5) is 8.78 Å². The number of alkyl halides is 2. The van der Waals surface area contributed by atoms with Gasteiger partial charge in [-0.2, -0.15) is 0 Å². The first-order valence-electron chi connectivity index (χ1n) is 5.43. The second-order valence-electron chi connectivity index (χ2n) is 4.06. The predicted molar refractivity (Wildman–Crippen MR) is 57.3 cm³/mol. The third kappa shape index (κ3) is 2.39. The zero-order valence-electron chi connectivity index (χ0n) is 8.90. The van der Waals surface area contributed by atoms with Gasteiger partial charge in [-0.05, 0) is 18.4 Å². The molecule has 0 spiro atoms. The van der Waals surface area contributed by atoms with Crippen LogP contribution in [0.3, 0.4) is 0 Å². The Kier molecular flexibility index (Phi) is 3.51. The van der Waals surface area contributed by atoms with Crippen LogP contribution in [0.15, 0.2) is 24.3 Å². The average molecular weight is 227 g/mol. The predicted octanol–water partition coefficient (Wildman–Crippen LogP) is 2.80. The van der Waals surface area contributed by atoms with Crippen molar-refractivity contribution in [2.45, 2.75) is 31.4 Å². The molecular weight excluding hydrogens is 212 g/mol. The highest BCUT2D eigenvalue weighted by molar-refractivity contribution is 5.26. The highest BCUT2D eigenvalue weighted by Crippen LogP contribution is 2.28. The molecule has 2 N–H and O–H groups in total. The molecular formula is C12H15F2NO. The zero-order chi connectivity index (χ0) is 11.5. The van der Waals surface area contributed by atoms with Crippen LogP contribution in [0.1, 0.15) is 36.5 Å². The SMILES string of the molecule is NC1CCCOC1c1ccc(C(F)F)cc1. The van der Waals surface area contributed by atoms with E-state index in [0.29, 0.717) is 6.61 Å². The van der Waals surface area contributed by atoms with Gasteiger partial charge >= 0.3 is 0 Å². The van der Waals surface area contributed by atoms with Crippen molar-refractivity contribution >= 4 is 0 Å². The van der Waals surface area contributed by atoms with E-state index in [4.69, 9.17) is 10.5 Å². The van der Waals surface area contributed by atoms with Crippen LogP contribution >= 0.6 is 0 Å². The molecule has 0 aliphatic carbocycles. The summed E-state index contributed by atoms with van der Waals surface area (Å²) in [4.78, 5) is 0. The van der Waals surface area contributed by atoms with Gasteiger partial charge in [0.05, 0.1) is 6.10 Å². The number of hydrogen-bond acceptors (Lipinski definition) is 2. The summed E-state index contributed by atoms with van der Waals surface area (Å²) in [6.45, 7) is 0.689. The number of hydrogen-bond donors (Lipinski definition) is 1. The molecule has 16 heavy (non-hydrogen) atoms. The third-order valence-corrected chi connectivity index (χ3v) is 2.89. The van der Waals surface area contributed by atoms with E-state index in [1.807, 2.05) is 0 Å². The Hall–Kier alpha value is -1.00. The van der Waals surface area contributed by atoms with Crippen LogP contribution in [0.2, 0.25) is 0 Å². The van der Waals surface area contributed by atoms with Gasteiger partial charge in [0.15, 0.2) is 0 Å². The molecule has 1 aromatic carbocycles. The average Bonchev–Trinajstić information content (AvgIpc) is 2.30. The Morgan fingerprint density at radius 3 is 2.50 bits per heavy atom. The van der Waals surface area contributed by atoms with Crippen molar-refractivity contribution in [1.82, 2.24) is 0 Å². The maximum Gasteiger partial charge on any atom is 0.263 e. The molecule has 0 aromatic heterocycles. The van der Waals surface area contributed by atoms with Gasteiger partial charge in [-0.15, -0.1) is 0 Å². The van der Waals surface area contributed by atoms with Crippen molar-refractivity contribution in [3.63, 3.8) is 0 Å². The van der Waals surface area contributed by atoms with Gasteiger partial charge in [0, 0.05) is 18.2 Å². The van der Waals surface area contributed by atoms with E-state index < -0.39 is 6.43 Å². The van der Waals surface area contributed by atoms with Crippen molar-refractivity contribution in [3.05, 3.63) is 35.4 Å². The quantitative estimate of drug-likeness (QED) is 0.843. The van der Waals surface area contributed by atoms with Gasteiger partial charge in [0.1, 0.15) is 0 Å². The molecule has 2 nitrogen and oxygen atoms in total. The molecule has 1 aromatic rings. The highest BCUT2D eigenvalue weighted by Gasteiger charge is 2.24. The second-order valence-corrected chi connectivity index (χ2v) is 4.06. The molecule has 1 fully saturated rings. The Bertz CT molecular complexity index is 339. The fourth-order valence-corrected chi connectivity index (χ4v) is 1.98. The molecule has 4 heteroatoms. The van der Waals surface area contributed by atoms with Crippen molar-refractivity contribution in [2.75, 3.05) is 6.61 Å².